The Kier molecular flexibility index (Phi) is 3.84. The highest BCUT2D eigenvalue weighted by Gasteiger charge is 2.13. The van der Waals surface area contributed by atoms with Crippen molar-refractivity contribution in [2.75, 3.05) is 13.6 Å². The molecule has 2 N–H and O–H groups in total. The minimum Gasteiger partial charge on any atom is -0.358 e. The lowest BCUT2D eigenvalue weighted by atomic mass is 10.5. The summed E-state index contributed by atoms with van der Waals surface area (Å²) in [5, 5.41) is 4.95. The minimum absolute atomic E-state index is 0.0659. The number of nitrogens with zero attached hydrogens (tertiary/aromatic N) is 1. The summed E-state index contributed by atoms with van der Waals surface area (Å²) in [5.41, 5.74) is 1.47. The van der Waals surface area contributed by atoms with Crippen LogP contribution < -0.4 is 10.6 Å². The van der Waals surface area contributed by atoms with E-state index < -0.39 is 0 Å². The Morgan fingerprint density at radius 3 is 2.86 bits per heavy atom. The molecule has 1 rings (SSSR count). The predicted molar refractivity (Wildman–Crippen MR) is 53.5 cm³/mol. The van der Waals surface area contributed by atoms with Crippen molar-refractivity contribution < 1.29 is 9.59 Å². The zero-order valence-corrected chi connectivity index (χ0v) is 8.91. The molecule has 1 aromatic heterocycles. The van der Waals surface area contributed by atoms with Crippen LogP contribution in [0.25, 0.3) is 0 Å². The van der Waals surface area contributed by atoms with Gasteiger partial charge in [-0.05, 0) is 0 Å². The molecule has 76 valence electrons. The fourth-order valence-electron chi connectivity index (χ4n) is 0.709. The van der Waals surface area contributed by atoms with Crippen LogP contribution in [0.5, 0.6) is 0 Å². The third-order valence-electron chi connectivity index (χ3n) is 1.42. The van der Waals surface area contributed by atoms with Crippen molar-refractivity contribution in [1.82, 2.24) is 15.6 Å². The first-order valence-electron chi connectivity index (χ1n) is 3.73. The number of rotatable bonds is 3. The molecule has 0 unspecified atom stereocenters. The van der Waals surface area contributed by atoms with Gasteiger partial charge in [-0.3, -0.25) is 9.59 Å². The Hall–Kier alpha value is -1.14. The number of thiazole rings is 1. The molecular formula is C7H8ClN3O2S. The van der Waals surface area contributed by atoms with E-state index in [1.807, 2.05) is 0 Å². The van der Waals surface area contributed by atoms with E-state index in [0.29, 0.717) is 4.88 Å². The monoisotopic (exact) mass is 233 g/mol. The number of nitrogens with one attached hydrogen (secondary N) is 2. The SMILES string of the molecule is CNC(=O)CNC(=O)c1scnc1Cl. The summed E-state index contributed by atoms with van der Waals surface area (Å²) in [6.45, 7) is -0.0659. The van der Waals surface area contributed by atoms with Crippen LogP contribution in [0.15, 0.2) is 5.51 Å². The van der Waals surface area contributed by atoms with Gasteiger partial charge in [0.2, 0.25) is 5.91 Å². The average molecular weight is 234 g/mol. The lowest BCUT2D eigenvalue weighted by Crippen LogP contribution is -2.34. The second kappa shape index (κ2) is 4.92. The van der Waals surface area contributed by atoms with E-state index in [1.165, 1.54) is 12.6 Å². The first kappa shape index (κ1) is 10.9. The van der Waals surface area contributed by atoms with Gasteiger partial charge in [0.15, 0.2) is 5.15 Å². The van der Waals surface area contributed by atoms with Gasteiger partial charge in [0, 0.05) is 7.05 Å². The summed E-state index contributed by atoms with van der Waals surface area (Å²) in [6.07, 6.45) is 0. The number of hydrogen-bond donors (Lipinski definition) is 2. The zero-order valence-electron chi connectivity index (χ0n) is 7.33. The van der Waals surface area contributed by atoms with E-state index in [4.69, 9.17) is 11.6 Å². The molecule has 0 saturated heterocycles. The molecular weight excluding hydrogens is 226 g/mol. The fraction of sp³-hybridized carbons (Fsp3) is 0.286. The Balaban J connectivity index is 2.52. The van der Waals surface area contributed by atoms with E-state index in [-0.39, 0.29) is 23.5 Å². The fourth-order valence-corrected chi connectivity index (χ4v) is 1.63. The van der Waals surface area contributed by atoms with Gasteiger partial charge in [-0.25, -0.2) is 4.98 Å². The van der Waals surface area contributed by atoms with Gasteiger partial charge in [0.1, 0.15) is 4.88 Å². The highest BCUT2D eigenvalue weighted by atomic mass is 35.5. The van der Waals surface area contributed by atoms with Gasteiger partial charge in [0.25, 0.3) is 5.91 Å². The third kappa shape index (κ3) is 2.68. The van der Waals surface area contributed by atoms with Crippen LogP contribution in [0.3, 0.4) is 0 Å². The molecule has 0 aliphatic carbocycles. The Bertz CT molecular complexity index is 352. The lowest BCUT2D eigenvalue weighted by Gasteiger charge is -2.01. The maximum atomic E-state index is 11.3. The van der Waals surface area contributed by atoms with Crippen LogP contribution in [-0.2, 0) is 4.79 Å². The maximum absolute atomic E-state index is 11.3. The van der Waals surface area contributed by atoms with Crippen LogP contribution in [0.1, 0.15) is 9.67 Å². The summed E-state index contributed by atoms with van der Waals surface area (Å²) in [7, 11) is 1.49. The number of amides is 2. The number of carbonyl (C=O) groups is 2. The summed E-state index contributed by atoms with van der Waals surface area (Å²) >= 11 is 6.75. The standard InChI is InChI=1S/C7H8ClN3O2S/c1-9-4(12)2-10-7(13)5-6(8)11-3-14-5/h3H,2H2,1H3,(H,9,12)(H,10,13). The van der Waals surface area contributed by atoms with Gasteiger partial charge in [-0.15, -0.1) is 11.3 Å². The quantitative estimate of drug-likeness (QED) is 0.788. The summed E-state index contributed by atoms with van der Waals surface area (Å²) in [6, 6.07) is 0. The zero-order chi connectivity index (χ0) is 10.6. The molecule has 0 aromatic carbocycles. The number of carbonyl (C=O) groups excluding carboxylic acids is 2. The summed E-state index contributed by atoms with van der Waals surface area (Å²) < 4.78 is 0. The van der Waals surface area contributed by atoms with Crippen molar-refractivity contribution in [3.05, 3.63) is 15.5 Å². The second-order valence-corrected chi connectivity index (χ2v) is 3.54. The van der Waals surface area contributed by atoms with Crippen LogP contribution in [-0.4, -0.2) is 30.4 Å². The van der Waals surface area contributed by atoms with E-state index in [9.17, 15) is 9.59 Å². The summed E-state index contributed by atoms with van der Waals surface area (Å²) in [4.78, 5) is 26.2. The molecule has 14 heavy (non-hydrogen) atoms. The van der Waals surface area contributed by atoms with Crippen LogP contribution in [0.4, 0.5) is 0 Å². The Morgan fingerprint density at radius 1 is 1.64 bits per heavy atom. The number of aromatic nitrogens is 1. The predicted octanol–water partition coefficient (Wildman–Crippen LogP) is 0.272. The molecule has 0 radical (unpaired) electrons. The van der Waals surface area contributed by atoms with Crippen LogP contribution in [0, 0.1) is 0 Å². The molecule has 0 saturated carbocycles. The maximum Gasteiger partial charge on any atom is 0.265 e. The van der Waals surface area contributed by atoms with Crippen molar-refractivity contribution in [3.8, 4) is 0 Å². The molecule has 0 atom stereocenters. The molecule has 7 heteroatoms. The highest BCUT2D eigenvalue weighted by Crippen LogP contribution is 2.17. The topological polar surface area (TPSA) is 71.1 Å². The van der Waals surface area contributed by atoms with Crippen molar-refractivity contribution in [1.29, 1.82) is 0 Å². The molecule has 1 heterocycles. The first-order chi connectivity index (χ1) is 6.65. The van der Waals surface area contributed by atoms with Crippen LogP contribution >= 0.6 is 22.9 Å². The van der Waals surface area contributed by atoms with E-state index in [2.05, 4.69) is 15.6 Å². The van der Waals surface area contributed by atoms with E-state index in [0.717, 1.165) is 11.3 Å². The number of hydrogen-bond acceptors (Lipinski definition) is 4. The number of likely N-dealkylation sites (N-methyl/N-ethyl adjacent to an activating group) is 1. The van der Waals surface area contributed by atoms with Crippen molar-refractivity contribution in [3.63, 3.8) is 0 Å². The molecule has 0 spiro atoms. The van der Waals surface area contributed by atoms with Gasteiger partial charge in [-0.1, -0.05) is 11.6 Å². The first-order valence-corrected chi connectivity index (χ1v) is 4.98. The molecule has 0 aliphatic heterocycles. The van der Waals surface area contributed by atoms with E-state index >= 15 is 0 Å². The smallest absolute Gasteiger partial charge is 0.265 e. The van der Waals surface area contributed by atoms with Gasteiger partial charge in [-0.2, -0.15) is 0 Å². The summed E-state index contributed by atoms with van der Waals surface area (Å²) in [5.74, 6) is -0.653. The normalized spacial score (nSPS) is 9.57. The van der Waals surface area contributed by atoms with Crippen molar-refractivity contribution in [2.24, 2.45) is 0 Å². The lowest BCUT2D eigenvalue weighted by molar-refractivity contribution is -0.119. The Morgan fingerprint density at radius 2 is 2.36 bits per heavy atom. The van der Waals surface area contributed by atoms with Gasteiger partial charge >= 0.3 is 0 Å². The van der Waals surface area contributed by atoms with Crippen molar-refractivity contribution in [2.45, 2.75) is 0 Å². The molecule has 1 aromatic rings. The van der Waals surface area contributed by atoms with Gasteiger partial charge in [0.05, 0.1) is 12.1 Å². The van der Waals surface area contributed by atoms with Crippen molar-refractivity contribution >= 4 is 34.8 Å². The highest BCUT2D eigenvalue weighted by molar-refractivity contribution is 7.12. The second-order valence-electron chi connectivity index (χ2n) is 2.33. The third-order valence-corrected chi connectivity index (χ3v) is 2.64. The molecule has 0 bridgehead atoms. The minimum atomic E-state index is -0.388. The van der Waals surface area contributed by atoms with Crippen LogP contribution in [0.2, 0.25) is 5.15 Å². The van der Waals surface area contributed by atoms with Gasteiger partial charge < -0.3 is 10.6 Å². The molecule has 0 aliphatic rings. The van der Waals surface area contributed by atoms with E-state index in [1.54, 1.807) is 0 Å². The largest absolute Gasteiger partial charge is 0.358 e. The number of halogens is 1. The average Bonchev–Trinajstić information content (AvgIpc) is 2.60. The molecule has 0 fully saturated rings. The molecule has 5 nitrogen and oxygen atoms in total. The Labute approximate surface area is 89.5 Å². The molecule has 2 amide bonds.